The van der Waals surface area contributed by atoms with Crippen molar-refractivity contribution in [3.63, 3.8) is 0 Å². The number of hydrogen-bond acceptors (Lipinski definition) is 2. The Labute approximate surface area is 120 Å². The summed E-state index contributed by atoms with van der Waals surface area (Å²) in [6, 6.07) is 8.16. The van der Waals surface area contributed by atoms with Gasteiger partial charge in [-0.1, -0.05) is 44.2 Å². The van der Waals surface area contributed by atoms with E-state index in [0.29, 0.717) is 6.42 Å². The molecule has 4 heteroatoms. The van der Waals surface area contributed by atoms with Crippen LogP contribution in [0.15, 0.2) is 24.3 Å². The van der Waals surface area contributed by atoms with E-state index in [1.54, 1.807) is 0 Å². The average Bonchev–Trinajstić information content (AvgIpc) is 2.46. The number of halogens is 2. The number of benzene rings is 1. The molecule has 0 heterocycles. The number of alkyl halides is 2. The second kappa shape index (κ2) is 10.6. The van der Waals surface area contributed by atoms with Crippen LogP contribution in [0.2, 0.25) is 0 Å². The van der Waals surface area contributed by atoms with E-state index in [0.717, 1.165) is 24.9 Å². The van der Waals surface area contributed by atoms with Crippen molar-refractivity contribution in [1.82, 2.24) is 0 Å². The molecule has 20 heavy (non-hydrogen) atoms. The predicted molar refractivity (Wildman–Crippen MR) is 80.9 cm³/mol. The predicted octanol–water partition coefficient (Wildman–Crippen LogP) is 4.90. The zero-order chi connectivity index (χ0) is 14.6. The molecule has 2 nitrogen and oxygen atoms in total. The highest BCUT2D eigenvalue weighted by Gasteiger charge is 2.01. The summed E-state index contributed by atoms with van der Waals surface area (Å²) in [5.74, 6) is 5.31. The van der Waals surface area contributed by atoms with Gasteiger partial charge in [0.2, 0.25) is 6.43 Å². The molecule has 114 valence electrons. The molecule has 0 aromatic heterocycles. The fourth-order valence-electron chi connectivity index (χ4n) is 2.28. The highest BCUT2D eigenvalue weighted by atomic mass is 19.3. The summed E-state index contributed by atoms with van der Waals surface area (Å²) in [5, 5.41) is 0. The van der Waals surface area contributed by atoms with E-state index in [4.69, 9.17) is 5.84 Å². The number of hydrazine groups is 1. The maximum absolute atomic E-state index is 11.9. The Bertz CT molecular complexity index is 339. The molecule has 0 fully saturated rings. The van der Waals surface area contributed by atoms with Crippen LogP contribution in [0.1, 0.15) is 56.9 Å². The number of nitrogens with one attached hydrogen (secondary N) is 1. The number of anilines is 1. The Hall–Kier alpha value is -1.16. The van der Waals surface area contributed by atoms with Crippen molar-refractivity contribution < 1.29 is 8.78 Å². The van der Waals surface area contributed by atoms with Crippen LogP contribution in [-0.4, -0.2) is 6.43 Å². The summed E-state index contributed by atoms with van der Waals surface area (Å²) in [4.78, 5) is 0. The molecule has 1 rings (SSSR count). The summed E-state index contributed by atoms with van der Waals surface area (Å²) >= 11 is 0. The van der Waals surface area contributed by atoms with Gasteiger partial charge in [-0.2, -0.15) is 0 Å². The minimum Gasteiger partial charge on any atom is -0.324 e. The lowest BCUT2D eigenvalue weighted by Gasteiger charge is -2.04. The fraction of sp³-hybridized carbons (Fsp3) is 0.625. The summed E-state index contributed by atoms with van der Waals surface area (Å²) in [5.41, 5.74) is 4.88. The van der Waals surface area contributed by atoms with Crippen molar-refractivity contribution in [2.75, 3.05) is 5.43 Å². The third-order valence-corrected chi connectivity index (χ3v) is 3.51. The zero-order valence-corrected chi connectivity index (χ0v) is 12.1. The first kappa shape index (κ1) is 16.9. The first-order chi connectivity index (χ1) is 9.72. The second-order valence-electron chi connectivity index (χ2n) is 5.25. The van der Waals surface area contributed by atoms with Crippen LogP contribution in [0, 0.1) is 0 Å². The first-order valence-corrected chi connectivity index (χ1v) is 7.56. The third kappa shape index (κ3) is 8.10. The molecule has 0 aliphatic rings. The number of unbranched alkanes of at least 4 members (excludes halogenated alkanes) is 6. The van der Waals surface area contributed by atoms with Crippen molar-refractivity contribution in [2.24, 2.45) is 5.84 Å². The van der Waals surface area contributed by atoms with Crippen molar-refractivity contribution >= 4 is 5.69 Å². The Balaban J connectivity index is 1.94. The van der Waals surface area contributed by atoms with Crippen LogP contribution in [0.25, 0.3) is 0 Å². The van der Waals surface area contributed by atoms with Gasteiger partial charge in [0.1, 0.15) is 0 Å². The minimum absolute atomic E-state index is 0.0631. The second-order valence-corrected chi connectivity index (χ2v) is 5.25. The molecule has 0 atom stereocenters. The Morgan fingerprint density at radius 2 is 1.40 bits per heavy atom. The lowest BCUT2D eigenvalue weighted by molar-refractivity contribution is 0.133. The number of nitrogens with two attached hydrogens (primary N) is 1. The highest BCUT2D eigenvalue weighted by molar-refractivity contribution is 5.43. The highest BCUT2D eigenvalue weighted by Crippen LogP contribution is 2.14. The number of hydrogen-bond donors (Lipinski definition) is 2. The van der Waals surface area contributed by atoms with Gasteiger partial charge in [-0.25, -0.2) is 8.78 Å². The van der Waals surface area contributed by atoms with Crippen LogP contribution in [0.3, 0.4) is 0 Å². The minimum atomic E-state index is -2.13. The van der Waals surface area contributed by atoms with Crippen LogP contribution in [0.5, 0.6) is 0 Å². The Kier molecular flexibility index (Phi) is 8.96. The third-order valence-electron chi connectivity index (χ3n) is 3.51. The monoisotopic (exact) mass is 284 g/mol. The van der Waals surface area contributed by atoms with Gasteiger partial charge >= 0.3 is 0 Å². The quantitative estimate of drug-likeness (QED) is 0.344. The van der Waals surface area contributed by atoms with Gasteiger partial charge in [-0.15, -0.1) is 0 Å². The average molecular weight is 284 g/mol. The molecule has 0 aliphatic heterocycles. The normalized spacial score (nSPS) is 11.0. The topological polar surface area (TPSA) is 38.0 Å². The van der Waals surface area contributed by atoms with Crippen LogP contribution < -0.4 is 11.3 Å². The molecular weight excluding hydrogens is 258 g/mol. The first-order valence-electron chi connectivity index (χ1n) is 7.56. The molecule has 1 aromatic rings. The summed E-state index contributed by atoms with van der Waals surface area (Å²) in [7, 11) is 0. The standard InChI is InChI=1S/C16H26F2N2/c17-16(18)9-7-5-3-1-2-4-6-8-14-10-12-15(20-19)13-11-14/h10-13,16,20H,1-9,19H2. The smallest absolute Gasteiger partial charge is 0.238 e. The van der Waals surface area contributed by atoms with Gasteiger partial charge in [0.05, 0.1) is 0 Å². The number of nitrogen functional groups attached to an aromatic ring is 1. The Morgan fingerprint density at radius 1 is 0.850 bits per heavy atom. The molecule has 0 amide bonds. The van der Waals surface area contributed by atoms with Crippen LogP contribution in [-0.2, 0) is 6.42 Å². The summed E-state index contributed by atoms with van der Waals surface area (Å²) in [6.07, 6.45) is 6.50. The molecule has 1 aromatic carbocycles. The molecule has 0 bridgehead atoms. The van der Waals surface area contributed by atoms with Gasteiger partial charge in [0, 0.05) is 12.1 Å². The molecule has 0 unspecified atom stereocenters. The zero-order valence-electron chi connectivity index (χ0n) is 12.1. The largest absolute Gasteiger partial charge is 0.324 e. The van der Waals surface area contributed by atoms with Crippen LogP contribution >= 0.6 is 0 Å². The van der Waals surface area contributed by atoms with E-state index in [1.807, 2.05) is 12.1 Å². The van der Waals surface area contributed by atoms with E-state index in [-0.39, 0.29) is 6.42 Å². The van der Waals surface area contributed by atoms with E-state index < -0.39 is 6.43 Å². The van der Waals surface area contributed by atoms with Gasteiger partial charge < -0.3 is 5.43 Å². The fourth-order valence-corrected chi connectivity index (χ4v) is 2.28. The maximum Gasteiger partial charge on any atom is 0.238 e. The summed E-state index contributed by atoms with van der Waals surface area (Å²) < 4.78 is 23.8. The molecule has 0 aliphatic carbocycles. The van der Waals surface area contributed by atoms with Gasteiger partial charge in [-0.05, 0) is 37.0 Å². The maximum atomic E-state index is 11.9. The van der Waals surface area contributed by atoms with Crippen molar-refractivity contribution in [2.45, 2.75) is 64.2 Å². The van der Waals surface area contributed by atoms with Gasteiger partial charge in [-0.3, -0.25) is 5.84 Å². The molecule has 0 saturated heterocycles. The van der Waals surface area contributed by atoms with Crippen molar-refractivity contribution in [3.05, 3.63) is 29.8 Å². The van der Waals surface area contributed by atoms with Crippen molar-refractivity contribution in [3.8, 4) is 0 Å². The molecule has 0 radical (unpaired) electrons. The van der Waals surface area contributed by atoms with E-state index in [9.17, 15) is 8.78 Å². The van der Waals surface area contributed by atoms with E-state index >= 15 is 0 Å². The molecule has 3 N–H and O–H groups in total. The SMILES string of the molecule is NNc1ccc(CCCCCCCCCC(F)F)cc1. The molecule has 0 saturated carbocycles. The van der Waals surface area contributed by atoms with Gasteiger partial charge in [0.25, 0.3) is 0 Å². The van der Waals surface area contributed by atoms with Crippen LogP contribution in [0.4, 0.5) is 14.5 Å². The van der Waals surface area contributed by atoms with Crippen molar-refractivity contribution in [1.29, 1.82) is 0 Å². The van der Waals surface area contributed by atoms with E-state index in [1.165, 1.54) is 31.2 Å². The number of rotatable bonds is 11. The number of aryl methyl sites for hydroxylation is 1. The lowest BCUT2D eigenvalue weighted by Crippen LogP contribution is -2.06. The van der Waals surface area contributed by atoms with Gasteiger partial charge in [0.15, 0.2) is 0 Å². The molecular formula is C16H26F2N2. The molecule has 0 spiro atoms. The lowest BCUT2D eigenvalue weighted by atomic mass is 10.0. The Morgan fingerprint density at radius 3 is 1.95 bits per heavy atom. The van der Waals surface area contributed by atoms with E-state index in [2.05, 4.69) is 17.6 Å². The summed E-state index contributed by atoms with van der Waals surface area (Å²) in [6.45, 7) is 0.